The molecule has 1 N–H and O–H groups in total. The van der Waals surface area contributed by atoms with Gasteiger partial charge in [-0.15, -0.1) is 0 Å². The Hall–Kier alpha value is -1.09. The lowest BCUT2D eigenvalue weighted by atomic mass is 10.2. The van der Waals surface area contributed by atoms with Crippen molar-refractivity contribution in [2.45, 2.75) is 33.4 Å². The number of aliphatic hydroxyl groups excluding tert-OH is 1. The monoisotopic (exact) mass is 194 g/mol. The van der Waals surface area contributed by atoms with Crippen LogP contribution in [0.1, 0.15) is 26.3 Å². The van der Waals surface area contributed by atoms with E-state index < -0.39 is 0 Å². The normalized spacial score (nSPS) is 10.6. The molecule has 0 amide bonds. The third-order valence-corrected chi connectivity index (χ3v) is 2.32. The molecule has 1 aromatic rings. The molecule has 3 nitrogen and oxygen atoms in total. The minimum absolute atomic E-state index is 0.0480. The van der Waals surface area contributed by atoms with Crippen LogP contribution in [0.4, 0.5) is 5.69 Å². The maximum atomic E-state index is 9.18. The minimum atomic E-state index is 0.0480. The van der Waals surface area contributed by atoms with E-state index in [-0.39, 0.29) is 6.61 Å². The van der Waals surface area contributed by atoms with Crippen molar-refractivity contribution in [3.05, 3.63) is 24.0 Å². The number of aromatic nitrogens is 1. The molecule has 0 aliphatic heterocycles. The SMILES string of the molecule is CCN(c1ccncc1CO)C(C)C. The first kappa shape index (κ1) is 11.0. The van der Waals surface area contributed by atoms with Crippen LogP contribution < -0.4 is 4.90 Å². The molecule has 1 aromatic heterocycles. The highest BCUT2D eigenvalue weighted by atomic mass is 16.3. The fourth-order valence-electron chi connectivity index (χ4n) is 1.64. The van der Waals surface area contributed by atoms with Crippen LogP contribution in [-0.2, 0) is 6.61 Å². The fraction of sp³-hybridized carbons (Fsp3) is 0.545. The molecule has 0 bridgehead atoms. The van der Waals surface area contributed by atoms with E-state index in [0.717, 1.165) is 17.8 Å². The Bertz CT molecular complexity index is 286. The third kappa shape index (κ3) is 2.23. The van der Waals surface area contributed by atoms with Gasteiger partial charge >= 0.3 is 0 Å². The smallest absolute Gasteiger partial charge is 0.0717 e. The first-order valence-electron chi connectivity index (χ1n) is 5.01. The predicted molar refractivity (Wildman–Crippen MR) is 58.3 cm³/mol. The summed E-state index contributed by atoms with van der Waals surface area (Å²) in [6.07, 6.45) is 3.49. The van der Waals surface area contributed by atoms with Crippen molar-refractivity contribution in [1.29, 1.82) is 0 Å². The van der Waals surface area contributed by atoms with Crippen molar-refractivity contribution in [2.75, 3.05) is 11.4 Å². The number of hydrogen-bond donors (Lipinski definition) is 1. The number of nitrogens with zero attached hydrogens (tertiary/aromatic N) is 2. The maximum absolute atomic E-state index is 9.18. The molecule has 0 aliphatic rings. The topological polar surface area (TPSA) is 36.4 Å². The van der Waals surface area contributed by atoms with Crippen molar-refractivity contribution >= 4 is 5.69 Å². The van der Waals surface area contributed by atoms with Crippen LogP contribution >= 0.6 is 0 Å². The van der Waals surface area contributed by atoms with Crippen molar-refractivity contribution in [3.8, 4) is 0 Å². The summed E-state index contributed by atoms with van der Waals surface area (Å²) in [5, 5.41) is 9.18. The number of aliphatic hydroxyl groups is 1. The van der Waals surface area contributed by atoms with Crippen LogP contribution in [0.25, 0.3) is 0 Å². The van der Waals surface area contributed by atoms with Gasteiger partial charge in [0.2, 0.25) is 0 Å². The summed E-state index contributed by atoms with van der Waals surface area (Å²) in [6, 6.07) is 2.39. The second-order valence-electron chi connectivity index (χ2n) is 3.54. The minimum Gasteiger partial charge on any atom is -0.392 e. The highest BCUT2D eigenvalue weighted by Crippen LogP contribution is 2.20. The molecule has 3 heteroatoms. The Morgan fingerprint density at radius 1 is 1.50 bits per heavy atom. The lowest BCUT2D eigenvalue weighted by Crippen LogP contribution is -2.31. The lowest BCUT2D eigenvalue weighted by molar-refractivity contribution is 0.281. The lowest BCUT2D eigenvalue weighted by Gasteiger charge is -2.29. The molecule has 1 heterocycles. The molecule has 0 fully saturated rings. The van der Waals surface area contributed by atoms with E-state index in [2.05, 4.69) is 30.7 Å². The largest absolute Gasteiger partial charge is 0.392 e. The fourth-order valence-corrected chi connectivity index (χ4v) is 1.64. The molecule has 1 rings (SSSR count). The zero-order valence-corrected chi connectivity index (χ0v) is 9.07. The molecule has 0 saturated heterocycles. The van der Waals surface area contributed by atoms with Gasteiger partial charge < -0.3 is 10.0 Å². The highest BCUT2D eigenvalue weighted by molar-refractivity contribution is 5.52. The van der Waals surface area contributed by atoms with E-state index in [1.54, 1.807) is 12.4 Å². The standard InChI is InChI=1S/C11H18N2O/c1-4-13(9(2)3)11-5-6-12-7-10(11)8-14/h5-7,9,14H,4,8H2,1-3H3. The summed E-state index contributed by atoms with van der Waals surface area (Å²) in [7, 11) is 0. The molecule has 0 atom stereocenters. The van der Waals surface area contributed by atoms with Gasteiger partial charge in [0, 0.05) is 36.2 Å². The molecule has 0 unspecified atom stereocenters. The predicted octanol–water partition coefficient (Wildman–Crippen LogP) is 1.81. The third-order valence-electron chi connectivity index (χ3n) is 2.32. The van der Waals surface area contributed by atoms with E-state index in [9.17, 15) is 5.11 Å². The quantitative estimate of drug-likeness (QED) is 0.794. The van der Waals surface area contributed by atoms with E-state index in [4.69, 9.17) is 0 Å². The Morgan fingerprint density at radius 3 is 2.71 bits per heavy atom. The molecule has 0 radical (unpaired) electrons. The molecule has 78 valence electrons. The summed E-state index contributed by atoms with van der Waals surface area (Å²) >= 11 is 0. The average molecular weight is 194 g/mol. The van der Waals surface area contributed by atoms with Gasteiger partial charge in [-0.05, 0) is 26.8 Å². The van der Waals surface area contributed by atoms with Gasteiger partial charge in [-0.2, -0.15) is 0 Å². The van der Waals surface area contributed by atoms with Crippen LogP contribution in [0.15, 0.2) is 18.5 Å². The van der Waals surface area contributed by atoms with Crippen molar-refractivity contribution < 1.29 is 5.11 Å². The van der Waals surface area contributed by atoms with E-state index >= 15 is 0 Å². The summed E-state index contributed by atoms with van der Waals surface area (Å²) in [6.45, 7) is 7.39. The van der Waals surface area contributed by atoms with E-state index in [0.29, 0.717) is 6.04 Å². The maximum Gasteiger partial charge on any atom is 0.0717 e. The molecule has 0 aromatic carbocycles. The van der Waals surface area contributed by atoms with Gasteiger partial charge in [0.25, 0.3) is 0 Å². The van der Waals surface area contributed by atoms with Gasteiger partial charge in [-0.3, -0.25) is 4.98 Å². The van der Waals surface area contributed by atoms with Crippen LogP contribution in [0.3, 0.4) is 0 Å². The van der Waals surface area contributed by atoms with E-state index in [1.807, 2.05) is 6.07 Å². The van der Waals surface area contributed by atoms with Gasteiger partial charge in [-0.25, -0.2) is 0 Å². The number of hydrogen-bond acceptors (Lipinski definition) is 3. The van der Waals surface area contributed by atoms with Crippen LogP contribution in [0.2, 0.25) is 0 Å². The summed E-state index contributed by atoms with van der Waals surface area (Å²) in [5.74, 6) is 0. The van der Waals surface area contributed by atoms with Crippen LogP contribution in [-0.4, -0.2) is 22.7 Å². The van der Waals surface area contributed by atoms with Crippen molar-refractivity contribution in [2.24, 2.45) is 0 Å². The zero-order valence-electron chi connectivity index (χ0n) is 9.07. The van der Waals surface area contributed by atoms with Crippen LogP contribution in [0.5, 0.6) is 0 Å². The molecular weight excluding hydrogens is 176 g/mol. The Balaban J connectivity index is 3.02. The Morgan fingerprint density at radius 2 is 2.21 bits per heavy atom. The summed E-state index contributed by atoms with van der Waals surface area (Å²) in [4.78, 5) is 6.25. The Labute approximate surface area is 85.4 Å². The zero-order chi connectivity index (χ0) is 10.6. The van der Waals surface area contributed by atoms with Crippen LogP contribution in [0, 0.1) is 0 Å². The molecule has 14 heavy (non-hydrogen) atoms. The Kier molecular flexibility index (Phi) is 3.89. The first-order valence-corrected chi connectivity index (χ1v) is 5.01. The highest BCUT2D eigenvalue weighted by Gasteiger charge is 2.11. The van der Waals surface area contributed by atoms with Gasteiger partial charge in [0.05, 0.1) is 6.61 Å². The van der Waals surface area contributed by atoms with Crippen molar-refractivity contribution in [3.63, 3.8) is 0 Å². The van der Waals surface area contributed by atoms with Gasteiger partial charge in [-0.1, -0.05) is 0 Å². The van der Waals surface area contributed by atoms with Gasteiger partial charge in [0.1, 0.15) is 0 Å². The second-order valence-corrected chi connectivity index (χ2v) is 3.54. The number of pyridine rings is 1. The first-order chi connectivity index (χ1) is 6.70. The number of anilines is 1. The van der Waals surface area contributed by atoms with Crippen molar-refractivity contribution in [1.82, 2.24) is 4.98 Å². The van der Waals surface area contributed by atoms with Gasteiger partial charge in [0.15, 0.2) is 0 Å². The molecular formula is C11H18N2O. The molecule has 0 spiro atoms. The summed E-state index contributed by atoms with van der Waals surface area (Å²) in [5.41, 5.74) is 1.98. The number of rotatable bonds is 4. The van der Waals surface area contributed by atoms with E-state index in [1.165, 1.54) is 0 Å². The summed E-state index contributed by atoms with van der Waals surface area (Å²) < 4.78 is 0. The average Bonchev–Trinajstić information content (AvgIpc) is 2.19. The second kappa shape index (κ2) is 4.96. The molecule has 0 saturated carbocycles. The molecule has 0 aliphatic carbocycles.